The third-order valence-electron chi connectivity index (χ3n) is 9.85. The van der Waals surface area contributed by atoms with Crippen LogP contribution < -0.4 is 24.8 Å². The quantitative estimate of drug-likeness (QED) is 0.289. The van der Waals surface area contributed by atoms with Crippen LogP contribution in [0.5, 0.6) is 10.9 Å². The standard InChI is InChI=1S/C35H40FN5O7S2/c1-47-24-12-15-27-30(18-24)49-34(38-27)48-25-17-29-31(42)39-35(33(44)40-50(45,46)26-13-14-26)19-21(35)8-5-3-2-4-6-11-28(32(43)41(29)20-25)37-23-10-7-9-22(36)16-23/h5,7-10,12,15-16,18,21,25-26,28-29,37H,2-4,6,11,13-14,17,19-20H2,1H3,(H,39,42)(H,40,44)/t21-,25-,28+,29+,35-/m1/s1. The number of anilines is 1. The molecule has 2 aliphatic heterocycles. The van der Waals surface area contributed by atoms with Gasteiger partial charge in [-0.2, -0.15) is 0 Å². The summed E-state index contributed by atoms with van der Waals surface area (Å²) in [6, 6.07) is 9.57. The van der Waals surface area contributed by atoms with Crippen LogP contribution >= 0.6 is 11.3 Å². The first-order chi connectivity index (χ1) is 24.0. The zero-order chi connectivity index (χ0) is 35.0. The second kappa shape index (κ2) is 13.8. The van der Waals surface area contributed by atoms with Crippen LogP contribution in [0.3, 0.4) is 0 Å². The molecule has 0 radical (unpaired) electrons. The molecule has 1 saturated heterocycles. The Morgan fingerprint density at radius 1 is 1.12 bits per heavy atom. The number of methoxy groups -OCH3 is 1. The van der Waals surface area contributed by atoms with Gasteiger partial charge in [-0.25, -0.2) is 17.8 Å². The second-order valence-corrected chi connectivity index (χ2v) is 16.5. The molecular formula is C35H40FN5O7S2. The number of ether oxygens (including phenoxy) is 2. The van der Waals surface area contributed by atoms with Crippen LogP contribution in [0.2, 0.25) is 0 Å². The number of benzene rings is 2. The molecule has 15 heteroatoms. The lowest BCUT2D eigenvalue weighted by molar-refractivity contribution is -0.140. The van der Waals surface area contributed by atoms with E-state index in [1.807, 2.05) is 24.3 Å². The van der Waals surface area contributed by atoms with Gasteiger partial charge >= 0.3 is 0 Å². The predicted octanol–water partition coefficient (Wildman–Crippen LogP) is 4.28. The number of thiazole rings is 1. The Kier molecular flexibility index (Phi) is 9.46. The van der Waals surface area contributed by atoms with Crippen molar-refractivity contribution in [3.8, 4) is 10.9 Å². The topological polar surface area (TPSA) is 156 Å². The van der Waals surface area contributed by atoms with Gasteiger partial charge in [0.1, 0.15) is 35.3 Å². The second-order valence-electron chi connectivity index (χ2n) is 13.5. The smallest absolute Gasteiger partial charge is 0.274 e. The van der Waals surface area contributed by atoms with E-state index in [9.17, 15) is 27.2 Å². The van der Waals surface area contributed by atoms with Crippen molar-refractivity contribution < 1.29 is 36.7 Å². The Balaban J connectivity index is 1.18. The largest absolute Gasteiger partial charge is 0.497 e. The Morgan fingerprint density at radius 3 is 2.74 bits per heavy atom. The van der Waals surface area contributed by atoms with Crippen molar-refractivity contribution >= 4 is 55.0 Å². The summed E-state index contributed by atoms with van der Waals surface area (Å²) in [5.74, 6) is -1.87. The molecule has 3 heterocycles. The number of carbonyl (C=O) groups excluding carboxylic acids is 3. The van der Waals surface area contributed by atoms with Crippen LogP contribution in [-0.4, -0.2) is 78.7 Å². The molecule has 266 valence electrons. The predicted molar refractivity (Wildman–Crippen MR) is 186 cm³/mol. The number of nitrogens with zero attached hydrogens (tertiary/aromatic N) is 2. The van der Waals surface area contributed by atoms with E-state index in [2.05, 4.69) is 20.3 Å². The molecule has 4 aliphatic rings. The van der Waals surface area contributed by atoms with Crippen LogP contribution in [0.25, 0.3) is 10.2 Å². The number of rotatable bonds is 8. The lowest BCUT2D eigenvalue weighted by Gasteiger charge is -2.30. The first-order valence-corrected chi connectivity index (χ1v) is 19.4. The summed E-state index contributed by atoms with van der Waals surface area (Å²) in [5.41, 5.74) is -0.307. The molecule has 7 rings (SSSR count). The number of amides is 3. The van der Waals surface area contributed by atoms with E-state index in [4.69, 9.17) is 9.47 Å². The highest BCUT2D eigenvalue weighted by atomic mass is 32.2. The number of halogens is 1. The van der Waals surface area contributed by atoms with E-state index in [0.717, 1.165) is 24.0 Å². The van der Waals surface area contributed by atoms with E-state index in [0.29, 0.717) is 47.8 Å². The first-order valence-electron chi connectivity index (χ1n) is 17.0. The lowest BCUT2D eigenvalue weighted by atomic mass is 10.0. The van der Waals surface area contributed by atoms with Crippen LogP contribution in [0.15, 0.2) is 54.6 Å². The lowest BCUT2D eigenvalue weighted by Crippen LogP contribution is -2.57. The Bertz CT molecular complexity index is 1930. The number of aromatic nitrogens is 1. The van der Waals surface area contributed by atoms with Gasteiger partial charge in [-0.3, -0.25) is 19.1 Å². The van der Waals surface area contributed by atoms with Crippen molar-refractivity contribution in [1.82, 2.24) is 19.9 Å². The molecular weight excluding hydrogens is 686 g/mol. The van der Waals surface area contributed by atoms with E-state index in [1.54, 1.807) is 25.3 Å². The van der Waals surface area contributed by atoms with Crippen molar-refractivity contribution in [2.45, 2.75) is 86.8 Å². The molecule has 2 saturated carbocycles. The van der Waals surface area contributed by atoms with Gasteiger partial charge in [0.05, 0.1) is 29.1 Å². The normalized spacial score (nSPS) is 27.4. The molecule has 3 N–H and O–H groups in total. The summed E-state index contributed by atoms with van der Waals surface area (Å²) in [6.45, 7) is 0.0656. The molecule has 1 aromatic heterocycles. The average Bonchev–Trinajstić information content (AvgIpc) is 3.98. The fraction of sp³-hybridized carbons (Fsp3) is 0.486. The Labute approximate surface area is 293 Å². The molecule has 0 spiro atoms. The zero-order valence-corrected chi connectivity index (χ0v) is 29.2. The van der Waals surface area contributed by atoms with Gasteiger partial charge in [-0.15, -0.1) is 0 Å². The third kappa shape index (κ3) is 7.29. The molecule has 2 aromatic carbocycles. The molecule has 3 fully saturated rings. The first kappa shape index (κ1) is 34.2. The highest BCUT2D eigenvalue weighted by Crippen LogP contribution is 2.46. The van der Waals surface area contributed by atoms with Crippen molar-refractivity contribution in [2.75, 3.05) is 19.0 Å². The van der Waals surface area contributed by atoms with E-state index in [1.165, 1.54) is 28.4 Å². The van der Waals surface area contributed by atoms with Gasteiger partial charge in [-0.05, 0) is 74.9 Å². The minimum Gasteiger partial charge on any atom is -0.497 e. The maximum atomic E-state index is 14.4. The molecule has 0 unspecified atom stereocenters. The maximum Gasteiger partial charge on any atom is 0.274 e. The zero-order valence-electron chi connectivity index (χ0n) is 27.6. The number of hydrogen-bond donors (Lipinski definition) is 3. The summed E-state index contributed by atoms with van der Waals surface area (Å²) in [6.07, 6.45) is 8.10. The van der Waals surface area contributed by atoms with Crippen molar-refractivity contribution in [2.24, 2.45) is 5.92 Å². The van der Waals surface area contributed by atoms with E-state index in [-0.39, 0.29) is 25.3 Å². The van der Waals surface area contributed by atoms with Gasteiger partial charge in [-0.1, -0.05) is 42.4 Å². The van der Waals surface area contributed by atoms with Crippen molar-refractivity contribution in [3.05, 3.63) is 60.4 Å². The number of carbonyl (C=O) groups is 3. The van der Waals surface area contributed by atoms with Crippen molar-refractivity contribution in [1.29, 1.82) is 0 Å². The number of allylic oxidation sites excluding steroid dienone is 1. The summed E-state index contributed by atoms with van der Waals surface area (Å²) in [7, 11) is -2.28. The Hall–Kier alpha value is -4.24. The minimum atomic E-state index is -3.86. The van der Waals surface area contributed by atoms with Gasteiger partial charge in [0, 0.05) is 18.0 Å². The minimum absolute atomic E-state index is 0.0656. The molecule has 3 aromatic rings. The molecule has 3 amide bonds. The third-order valence-corrected chi connectivity index (χ3v) is 12.6. The number of fused-ring (bicyclic) bond motifs is 3. The summed E-state index contributed by atoms with van der Waals surface area (Å²) >= 11 is 1.32. The summed E-state index contributed by atoms with van der Waals surface area (Å²) in [4.78, 5) is 48.3. The van der Waals surface area contributed by atoms with Crippen LogP contribution in [0.1, 0.15) is 57.8 Å². The SMILES string of the molecule is COc1ccc2nc(O[C@@H]3C[C@H]4C(=O)N[C@]5(C(=O)NS(=O)(=O)C6CC6)C[C@H]5C=CCCCCC[C@H](Nc5cccc(F)c5)C(=O)N4C3)sc2c1. The van der Waals surface area contributed by atoms with Gasteiger partial charge < -0.3 is 25.0 Å². The fourth-order valence-electron chi connectivity index (χ4n) is 6.83. The number of hydrogen-bond acceptors (Lipinski definition) is 10. The number of nitrogens with one attached hydrogen (secondary N) is 3. The number of sulfonamides is 1. The molecule has 2 aliphatic carbocycles. The van der Waals surface area contributed by atoms with Gasteiger partial charge in [0.25, 0.3) is 11.1 Å². The molecule has 0 bridgehead atoms. The average molecular weight is 726 g/mol. The van der Waals surface area contributed by atoms with Crippen LogP contribution in [-0.2, 0) is 24.4 Å². The van der Waals surface area contributed by atoms with Crippen LogP contribution in [0.4, 0.5) is 10.1 Å². The van der Waals surface area contributed by atoms with Gasteiger partial charge in [0.2, 0.25) is 21.8 Å². The monoisotopic (exact) mass is 725 g/mol. The maximum absolute atomic E-state index is 14.4. The summed E-state index contributed by atoms with van der Waals surface area (Å²) < 4.78 is 54.4. The highest BCUT2D eigenvalue weighted by molar-refractivity contribution is 7.91. The molecule has 5 atom stereocenters. The van der Waals surface area contributed by atoms with Crippen LogP contribution in [0, 0.1) is 11.7 Å². The van der Waals surface area contributed by atoms with E-state index >= 15 is 0 Å². The highest BCUT2D eigenvalue weighted by Gasteiger charge is 2.62. The van der Waals surface area contributed by atoms with E-state index < -0.39 is 62.5 Å². The summed E-state index contributed by atoms with van der Waals surface area (Å²) in [5, 5.41) is 5.85. The van der Waals surface area contributed by atoms with Crippen molar-refractivity contribution in [3.63, 3.8) is 0 Å². The molecule has 12 nitrogen and oxygen atoms in total. The fourth-order valence-corrected chi connectivity index (χ4v) is 9.10. The molecule has 50 heavy (non-hydrogen) atoms. The van der Waals surface area contributed by atoms with Gasteiger partial charge in [0.15, 0.2) is 0 Å². The Morgan fingerprint density at radius 2 is 1.96 bits per heavy atom.